The first-order valence-electron chi connectivity index (χ1n) is 38.9. The van der Waals surface area contributed by atoms with Crippen LogP contribution in [0.5, 0.6) is 0 Å². The lowest BCUT2D eigenvalue weighted by Crippen LogP contribution is -1.97. The minimum Gasteiger partial charge on any atom is -0.255 e. The number of aromatic nitrogens is 18. The Bertz CT molecular complexity index is 6070. The van der Waals surface area contributed by atoms with Gasteiger partial charge >= 0.3 is 0 Å². The molecule has 0 aliphatic carbocycles. The zero-order valence-corrected chi connectivity index (χ0v) is 64.0. The maximum absolute atomic E-state index is 5.44. The van der Waals surface area contributed by atoms with Gasteiger partial charge in [0, 0.05) is 74.4 Å². The topological polar surface area (TPSA) is 232 Å². The van der Waals surface area contributed by atoms with Gasteiger partial charge in [0.15, 0.2) is 0 Å². The van der Waals surface area contributed by atoms with Gasteiger partial charge in [-0.2, -0.15) is 0 Å². The molecule has 120 heavy (non-hydrogen) atoms. The zero-order valence-electron chi connectivity index (χ0n) is 64.0. The summed E-state index contributed by atoms with van der Waals surface area (Å²) in [5, 5.41) is 0. The van der Waals surface area contributed by atoms with Gasteiger partial charge in [0.25, 0.3) is 0 Å². The van der Waals surface area contributed by atoms with Crippen molar-refractivity contribution >= 4 is 0 Å². The minimum absolute atomic E-state index is 0.645. The van der Waals surface area contributed by atoms with Crippen LogP contribution in [0.1, 0.15) is 0 Å². The largest absolute Gasteiger partial charge is 0.255 e. The third kappa shape index (κ3) is 15.6. The Hall–Kier alpha value is -16.9. The van der Waals surface area contributed by atoms with E-state index in [1.54, 1.807) is 49.6 Å². The van der Waals surface area contributed by atoms with E-state index in [0.29, 0.717) is 91.1 Å². The molecule has 18 aromatic heterocycles. The second kappa shape index (κ2) is 32.6. The highest BCUT2D eigenvalue weighted by Gasteiger charge is 2.21. The van der Waals surface area contributed by atoms with Crippen molar-refractivity contribution in [3.63, 3.8) is 0 Å². The van der Waals surface area contributed by atoms with E-state index < -0.39 is 0 Å². The summed E-state index contributed by atoms with van der Waals surface area (Å²) in [5.41, 5.74) is 29.8. The summed E-state index contributed by atoms with van der Waals surface area (Å²) in [5.74, 6) is 0. The Kier molecular flexibility index (Phi) is 19.6. The quantitative estimate of drug-likeness (QED) is 0.0732. The summed E-state index contributed by atoms with van der Waals surface area (Å²) in [6.07, 6.45) is 21.5. The maximum Gasteiger partial charge on any atom is 0.0900 e. The summed E-state index contributed by atoms with van der Waals surface area (Å²) < 4.78 is 0. The van der Waals surface area contributed by atoms with E-state index in [1.165, 1.54) is 0 Å². The first-order valence-corrected chi connectivity index (χ1v) is 38.9. The molecular weight excluding hydrogens is 1480 g/mol. The van der Waals surface area contributed by atoms with Crippen molar-refractivity contribution in [2.75, 3.05) is 0 Å². The van der Waals surface area contributed by atoms with Crippen molar-refractivity contribution in [2.24, 2.45) is 0 Å². The fourth-order valence-corrected chi connectivity index (χ4v) is 14.6. The number of hydrogen-bond acceptors (Lipinski definition) is 18. The Morgan fingerprint density at radius 2 is 0.225 bits per heavy atom. The lowest BCUT2D eigenvalue weighted by atomic mass is 9.96. The molecule has 0 aliphatic rings. The van der Waals surface area contributed by atoms with E-state index in [-0.39, 0.29) is 0 Å². The Morgan fingerprint density at radius 1 is 0.0917 bits per heavy atom. The number of benzene rings is 2. The molecule has 0 bridgehead atoms. The van der Waals surface area contributed by atoms with Crippen LogP contribution in [0.25, 0.3) is 215 Å². The highest BCUT2D eigenvalue weighted by molar-refractivity contribution is 5.86. The summed E-state index contributed by atoms with van der Waals surface area (Å²) in [6, 6.07) is 105. The van der Waals surface area contributed by atoms with Gasteiger partial charge in [-0.3, -0.25) is 59.8 Å². The molecule has 0 N–H and O–H groups in total. The third-order valence-corrected chi connectivity index (χ3v) is 20.6. The zero-order chi connectivity index (χ0) is 79.9. The number of rotatable bonds is 19. The van der Waals surface area contributed by atoms with Crippen molar-refractivity contribution in [3.8, 4) is 215 Å². The van der Waals surface area contributed by atoms with Crippen LogP contribution in [0.2, 0.25) is 0 Å². The number of hydrogen-bond donors (Lipinski definition) is 0. The van der Waals surface area contributed by atoms with Crippen LogP contribution in [-0.2, 0) is 0 Å². The van der Waals surface area contributed by atoms with Gasteiger partial charge in [-0.15, -0.1) is 0 Å². The smallest absolute Gasteiger partial charge is 0.0900 e. The maximum atomic E-state index is 5.44. The van der Waals surface area contributed by atoms with Crippen LogP contribution in [0.3, 0.4) is 0 Å². The SMILES string of the molecule is c1ccc(-c2cc(-c3ccnc(-c4cc(-c5ccc(-c6ccc(-c7cc(-c8cc(-c9cc(-c%10ccccn%10)nc(-c%10ccccn%10)c9)ccn8)nc(-c8cc(-c9cc(-c%10ccccn%10)nc(-c%10ccccn%10)c9)ccn8)c7)cc6)cc5)cc(-c5cc(-c6cc(-c7ccccn7)nc(-c7ccccn7)c6)ccn5)n4)c3)cc(-c3ccccn3)n2)nc1. The minimum atomic E-state index is 0.645. The lowest BCUT2D eigenvalue weighted by Gasteiger charge is -2.13. The van der Waals surface area contributed by atoms with Crippen molar-refractivity contribution < 1.29 is 0 Å². The van der Waals surface area contributed by atoms with E-state index >= 15 is 0 Å². The van der Waals surface area contributed by atoms with Gasteiger partial charge in [-0.1, -0.05) is 97.1 Å². The second-order valence-corrected chi connectivity index (χ2v) is 28.4. The normalized spacial score (nSPS) is 11.2. The first kappa shape index (κ1) is 72.1. The van der Waals surface area contributed by atoms with Crippen LogP contribution in [-0.4, -0.2) is 89.7 Å². The van der Waals surface area contributed by atoms with E-state index in [0.717, 1.165) is 123 Å². The van der Waals surface area contributed by atoms with E-state index in [1.807, 2.05) is 195 Å². The number of nitrogens with zero attached hydrogens (tertiary/aromatic N) is 18. The van der Waals surface area contributed by atoms with Gasteiger partial charge in [0.1, 0.15) is 0 Å². The monoisotopic (exact) mass is 1540 g/mol. The molecule has 20 aromatic rings. The Labute approximate surface area is 689 Å². The molecule has 18 heteroatoms. The lowest BCUT2D eigenvalue weighted by molar-refractivity contribution is 1.21. The van der Waals surface area contributed by atoms with Crippen LogP contribution in [0, 0.1) is 0 Å². The molecular formula is C102H64N18. The Morgan fingerprint density at radius 3 is 0.383 bits per heavy atom. The molecule has 18 nitrogen and oxygen atoms in total. The molecule has 20 rings (SSSR count). The molecule has 0 unspecified atom stereocenters. The highest BCUT2D eigenvalue weighted by atomic mass is 14.9. The van der Waals surface area contributed by atoms with Crippen LogP contribution >= 0.6 is 0 Å². The van der Waals surface area contributed by atoms with Crippen molar-refractivity contribution in [1.29, 1.82) is 0 Å². The fourth-order valence-electron chi connectivity index (χ4n) is 14.6. The fraction of sp³-hybridized carbons (Fsp3) is 0. The predicted molar refractivity (Wildman–Crippen MR) is 470 cm³/mol. The second-order valence-electron chi connectivity index (χ2n) is 28.4. The van der Waals surface area contributed by atoms with Gasteiger partial charge < -0.3 is 0 Å². The van der Waals surface area contributed by atoms with Crippen LogP contribution in [0.4, 0.5) is 0 Å². The molecule has 0 saturated heterocycles. The molecule has 562 valence electrons. The van der Waals surface area contributed by atoms with E-state index in [2.05, 4.69) is 146 Å². The van der Waals surface area contributed by atoms with E-state index in [9.17, 15) is 0 Å². The molecule has 0 fully saturated rings. The average molecular weight is 1540 g/mol. The highest BCUT2D eigenvalue weighted by Crippen LogP contribution is 2.40. The molecule has 0 spiro atoms. The molecule has 0 aliphatic heterocycles. The first-order chi connectivity index (χ1) is 59.4. The molecule has 0 radical (unpaired) electrons. The van der Waals surface area contributed by atoms with Gasteiger partial charge in [-0.25, -0.2) is 29.9 Å². The molecule has 0 saturated carbocycles. The van der Waals surface area contributed by atoms with Crippen LogP contribution < -0.4 is 0 Å². The summed E-state index contributed by atoms with van der Waals surface area (Å²) in [4.78, 5) is 88.9. The average Bonchev–Trinajstić information content (AvgIpc) is 0.795. The van der Waals surface area contributed by atoms with Gasteiger partial charge in [0.05, 0.1) is 137 Å². The van der Waals surface area contributed by atoms with Crippen molar-refractivity contribution in [2.45, 2.75) is 0 Å². The van der Waals surface area contributed by atoms with Gasteiger partial charge in [0.2, 0.25) is 0 Å². The predicted octanol–water partition coefficient (Wildman–Crippen LogP) is 22.5. The number of pyridine rings is 18. The summed E-state index contributed by atoms with van der Waals surface area (Å²) in [7, 11) is 0. The molecule has 0 atom stereocenters. The standard InChI is InChI=1S/C102H64N18/c1-9-37-103-79(17-1)91-57-75(58-92(115-91)80-18-2-10-38-104-80)69-33-45-111-87(49-69)99-53-73(54-100(119-99)88-50-70(34-46-112-88)76-59-93(81-19-3-11-39-105-81)116-94(60-76)82-20-4-12-40-106-82)67-29-25-65(26-30-67)66-27-31-68(32-28-66)74-55-101(89-51-71(35-47-113-89)77-61-95(83-21-5-13-41-107-83)117-96(62-77)84-22-6-14-42-108-84)120-102(56-74)90-52-72(36-48-114-90)78-63-97(85-23-7-15-43-109-85)118-98(64-78)86-24-8-16-44-110-86/h1-64H. The van der Waals surface area contributed by atoms with Gasteiger partial charge in [-0.05, 0) is 296 Å². The van der Waals surface area contributed by atoms with Crippen molar-refractivity contribution in [1.82, 2.24) is 89.7 Å². The summed E-state index contributed by atoms with van der Waals surface area (Å²) >= 11 is 0. The molecule has 18 heterocycles. The third-order valence-electron chi connectivity index (χ3n) is 20.6. The van der Waals surface area contributed by atoms with E-state index in [4.69, 9.17) is 89.7 Å². The molecule has 2 aromatic carbocycles. The van der Waals surface area contributed by atoms with Crippen LogP contribution in [0.15, 0.2) is 390 Å². The summed E-state index contributed by atoms with van der Waals surface area (Å²) in [6.45, 7) is 0. The van der Waals surface area contributed by atoms with Crippen molar-refractivity contribution in [3.05, 3.63) is 390 Å². The molecule has 0 amide bonds. The Balaban J connectivity index is 0.674.